The molecule has 0 aliphatic carbocycles. The molecular formula is C47H91O8P. The van der Waals surface area contributed by atoms with Gasteiger partial charge < -0.3 is 14.4 Å². The SMILES string of the molecule is CCCCCCCC/C=C\CCCCCCCCCCCC(=O)OC(COC(=O)CCCCCCCCCCCCCCCCCCC)COP(=O)(O)OCC. The van der Waals surface area contributed by atoms with Gasteiger partial charge in [0.15, 0.2) is 6.10 Å². The van der Waals surface area contributed by atoms with Crippen LogP contribution < -0.4 is 0 Å². The number of phosphoric ester groups is 1. The normalized spacial score (nSPS) is 13.3. The Morgan fingerprint density at radius 3 is 1.18 bits per heavy atom. The van der Waals surface area contributed by atoms with Crippen molar-refractivity contribution >= 4 is 19.8 Å². The van der Waals surface area contributed by atoms with Crippen molar-refractivity contribution in [2.75, 3.05) is 19.8 Å². The minimum absolute atomic E-state index is 0.00354. The van der Waals surface area contributed by atoms with Gasteiger partial charge in [-0.05, 0) is 45.4 Å². The summed E-state index contributed by atoms with van der Waals surface area (Å²) in [4.78, 5) is 34.8. The maximum Gasteiger partial charge on any atom is 0.472 e. The standard InChI is InChI=1S/C47H91O8P/c1-4-7-9-11-13-15-17-19-21-23-24-26-28-30-32-34-36-38-40-42-47(49)55-45(44-54-56(50,51)53-6-3)43-52-46(48)41-39-37-35-33-31-29-27-25-22-20-18-16-14-12-10-8-5-2/h19,21,45H,4-18,20,22-44H2,1-3H3,(H,50,51)/b21-19-. The molecule has 0 amide bonds. The van der Waals surface area contributed by atoms with Crippen molar-refractivity contribution in [2.24, 2.45) is 0 Å². The van der Waals surface area contributed by atoms with Crippen LogP contribution in [-0.4, -0.2) is 42.8 Å². The van der Waals surface area contributed by atoms with Crippen LogP contribution in [0.15, 0.2) is 12.2 Å². The summed E-state index contributed by atoms with van der Waals surface area (Å²) in [6, 6.07) is 0. The first-order chi connectivity index (χ1) is 27.3. The lowest BCUT2D eigenvalue weighted by atomic mass is 10.0. The lowest BCUT2D eigenvalue weighted by Crippen LogP contribution is -2.29. The zero-order valence-corrected chi connectivity index (χ0v) is 38.0. The summed E-state index contributed by atoms with van der Waals surface area (Å²) in [5.74, 6) is -0.785. The molecule has 0 aliphatic heterocycles. The zero-order chi connectivity index (χ0) is 41.1. The number of carbonyl (C=O) groups excluding carboxylic acids is 2. The molecule has 0 saturated carbocycles. The molecule has 2 atom stereocenters. The van der Waals surface area contributed by atoms with Gasteiger partial charge in [-0.3, -0.25) is 18.6 Å². The molecule has 332 valence electrons. The van der Waals surface area contributed by atoms with Crippen LogP contribution in [0.4, 0.5) is 0 Å². The molecule has 0 radical (unpaired) electrons. The van der Waals surface area contributed by atoms with Crippen LogP contribution >= 0.6 is 7.82 Å². The maximum atomic E-state index is 12.6. The third-order valence-corrected chi connectivity index (χ3v) is 11.6. The number of rotatable bonds is 45. The molecule has 2 unspecified atom stereocenters. The summed E-state index contributed by atoms with van der Waals surface area (Å²) < 4.78 is 32.7. The first-order valence-corrected chi connectivity index (χ1v) is 25.5. The lowest BCUT2D eigenvalue weighted by molar-refractivity contribution is -0.161. The summed E-state index contributed by atoms with van der Waals surface area (Å²) in [5, 5.41) is 0. The Morgan fingerprint density at radius 2 is 0.804 bits per heavy atom. The summed E-state index contributed by atoms with van der Waals surface area (Å²) >= 11 is 0. The highest BCUT2D eigenvalue weighted by Crippen LogP contribution is 2.43. The predicted molar refractivity (Wildman–Crippen MR) is 235 cm³/mol. The first-order valence-electron chi connectivity index (χ1n) is 24.0. The lowest BCUT2D eigenvalue weighted by Gasteiger charge is -2.19. The summed E-state index contributed by atoms with van der Waals surface area (Å²) in [6.07, 6.45) is 46.9. The van der Waals surface area contributed by atoms with Crippen LogP contribution in [0, 0.1) is 0 Å². The minimum atomic E-state index is -4.28. The van der Waals surface area contributed by atoms with Crippen molar-refractivity contribution in [3.63, 3.8) is 0 Å². The molecule has 0 aromatic carbocycles. The molecule has 0 aromatic rings. The fraction of sp³-hybridized carbons (Fsp3) is 0.915. The number of unbranched alkanes of at least 4 members (excludes halogenated alkanes) is 31. The second kappa shape index (κ2) is 43.4. The van der Waals surface area contributed by atoms with E-state index in [4.69, 9.17) is 18.5 Å². The van der Waals surface area contributed by atoms with Crippen LogP contribution in [-0.2, 0) is 32.7 Å². The van der Waals surface area contributed by atoms with Crippen molar-refractivity contribution in [1.82, 2.24) is 0 Å². The van der Waals surface area contributed by atoms with Crippen LogP contribution in [0.5, 0.6) is 0 Å². The van der Waals surface area contributed by atoms with E-state index in [2.05, 4.69) is 26.0 Å². The Balaban J connectivity index is 3.99. The van der Waals surface area contributed by atoms with Crippen LogP contribution in [0.2, 0.25) is 0 Å². The third-order valence-electron chi connectivity index (χ3n) is 10.6. The number of hydrogen-bond donors (Lipinski definition) is 1. The van der Waals surface area contributed by atoms with Crippen molar-refractivity contribution in [1.29, 1.82) is 0 Å². The molecule has 56 heavy (non-hydrogen) atoms. The van der Waals surface area contributed by atoms with Gasteiger partial charge in [-0.25, -0.2) is 4.57 Å². The van der Waals surface area contributed by atoms with Gasteiger partial charge in [0.25, 0.3) is 0 Å². The van der Waals surface area contributed by atoms with Crippen LogP contribution in [0.3, 0.4) is 0 Å². The second-order valence-corrected chi connectivity index (χ2v) is 17.6. The van der Waals surface area contributed by atoms with E-state index in [-0.39, 0.29) is 32.2 Å². The quantitative estimate of drug-likeness (QED) is 0.0280. The topological polar surface area (TPSA) is 108 Å². The van der Waals surface area contributed by atoms with Gasteiger partial charge in [-0.1, -0.05) is 206 Å². The molecular weight excluding hydrogens is 723 g/mol. The fourth-order valence-electron chi connectivity index (χ4n) is 7.04. The van der Waals surface area contributed by atoms with Gasteiger partial charge in [0.1, 0.15) is 6.61 Å². The summed E-state index contributed by atoms with van der Waals surface area (Å²) in [6.45, 7) is 5.52. The van der Waals surface area contributed by atoms with Crippen LogP contribution in [0.25, 0.3) is 0 Å². The molecule has 0 aromatic heterocycles. The molecule has 1 N–H and O–H groups in total. The Labute approximate surface area is 346 Å². The minimum Gasteiger partial charge on any atom is -0.462 e. The zero-order valence-electron chi connectivity index (χ0n) is 37.1. The number of hydrogen-bond acceptors (Lipinski definition) is 7. The molecule has 9 heteroatoms. The van der Waals surface area contributed by atoms with E-state index in [0.29, 0.717) is 12.8 Å². The second-order valence-electron chi connectivity index (χ2n) is 16.1. The van der Waals surface area contributed by atoms with E-state index < -0.39 is 19.9 Å². The smallest absolute Gasteiger partial charge is 0.462 e. The Kier molecular flexibility index (Phi) is 42.4. The molecule has 0 spiro atoms. The Morgan fingerprint density at radius 1 is 0.464 bits per heavy atom. The van der Waals surface area contributed by atoms with Crippen molar-refractivity contribution in [3.05, 3.63) is 12.2 Å². The molecule has 0 aliphatic rings. The van der Waals surface area contributed by atoms with E-state index in [1.54, 1.807) is 6.92 Å². The average molecular weight is 815 g/mol. The summed E-state index contributed by atoms with van der Waals surface area (Å²) in [7, 11) is -4.28. The first kappa shape index (κ1) is 54.8. The molecule has 0 saturated heterocycles. The Bertz CT molecular complexity index is 926. The highest BCUT2D eigenvalue weighted by Gasteiger charge is 2.25. The van der Waals surface area contributed by atoms with Gasteiger partial charge >= 0.3 is 19.8 Å². The number of carbonyl (C=O) groups is 2. The van der Waals surface area contributed by atoms with E-state index in [0.717, 1.165) is 32.1 Å². The van der Waals surface area contributed by atoms with E-state index >= 15 is 0 Å². The van der Waals surface area contributed by atoms with E-state index in [1.165, 1.54) is 180 Å². The molecule has 0 bridgehead atoms. The van der Waals surface area contributed by atoms with Gasteiger partial charge in [-0.15, -0.1) is 0 Å². The van der Waals surface area contributed by atoms with Crippen molar-refractivity contribution in [2.45, 2.75) is 258 Å². The predicted octanol–water partition coefficient (Wildman–Crippen LogP) is 15.2. The van der Waals surface area contributed by atoms with Gasteiger partial charge in [0.2, 0.25) is 0 Å². The molecule has 8 nitrogen and oxygen atoms in total. The van der Waals surface area contributed by atoms with Crippen molar-refractivity contribution < 1.29 is 37.6 Å². The fourth-order valence-corrected chi connectivity index (χ4v) is 7.79. The molecule has 0 heterocycles. The van der Waals surface area contributed by atoms with Gasteiger partial charge in [-0.2, -0.15) is 0 Å². The van der Waals surface area contributed by atoms with Gasteiger partial charge in [0, 0.05) is 12.8 Å². The third kappa shape index (κ3) is 42.4. The monoisotopic (exact) mass is 815 g/mol. The molecule has 0 fully saturated rings. The number of phosphoric acid groups is 1. The highest BCUT2D eigenvalue weighted by atomic mass is 31.2. The van der Waals surface area contributed by atoms with Gasteiger partial charge in [0.05, 0.1) is 13.2 Å². The highest BCUT2D eigenvalue weighted by molar-refractivity contribution is 7.47. The van der Waals surface area contributed by atoms with Crippen LogP contribution in [0.1, 0.15) is 252 Å². The molecule has 0 rings (SSSR count). The Hall–Kier alpha value is -1.21. The van der Waals surface area contributed by atoms with E-state index in [9.17, 15) is 19.0 Å². The largest absolute Gasteiger partial charge is 0.472 e. The average Bonchev–Trinajstić information content (AvgIpc) is 3.18. The maximum absolute atomic E-state index is 12.6. The van der Waals surface area contributed by atoms with Crippen molar-refractivity contribution in [3.8, 4) is 0 Å². The number of allylic oxidation sites excluding steroid dienone is 2. The number of ether oxygens (including phenoxy) is 2. The summed E-state index contributed by atoms with van der Waals surface area (Å²) in [5.41, 5.74) is 0. The number of esters is 2. The van der Waals surface area contributed by atoms with E-state index in [1.807, 2.05) is 0 Å².